The average Bonchev–Trinajstić information content (AvgIpc) is 2.48. The molecule has 0 aromatic heterocycles. The Balaban J connectivity index is 3.16. The molecule has 0 atom stereocenters. The topological polar surface area (TPSA) is 61.8 Å². The third-order valence-corrected chi connectivity index (χ3v) is 2.68. The van der Waals surface area contributed by atoms with E-state index in [-0.39, 0.29) is 18.8 Å². The van der Waals surface area contributed by atoms with Crippen LogP contribution in [0.1, 0.15) is 26.3 Å². The van der Waals surface area contributed by atoms with Crippen LogP contribution in [0.5, 0.6) is 5.75 Å². The van der Waals surface area contributed by atoms with Crippen molar-refractivity contribution in [2.24, 2.45) is 0 Å². The molecule has 0 N–H and O–H groups in total. The molecule has 0 bridgehead atoms. The van der Waals surface area contributed by atoms with Gasteiger partial charge in [-0.3, -0.25) is 0 Å². The third-order valence-electron chi connectivity index (χ3n) is 2.68. The molecule has 0 fully saturated rings. The van der Waals surface area contributed by atoms with Gasteiger partial charge in [0.2, 0.25) is 0 Å². The zero-order valence-electron chi connectivity index (χ0n) is 12.3. The van der Waals surface area contributed by atoms with Gasteiger partial charge in [-0.25, -0.2) is 14.0 Å². The van der Waals surface area contributed by atoms with Gasteiger partial charge in [0.1, 0.15) is 5.75 Å². The highest BCUT2D eigenvalue weighted by atomic mass is 19.1. The van der Waals surface area contributed by atoms with E-state index in [0.717, 1.165) is 0 Å². The van der Waals surface area contributed by atoms with Crippen molar-refractivity contribution >= 4 is 11.9 Å². The van der Waals surface area contributed by atoms with E-state index in [1.807, 2.05) is 6.92 Å². The first-order chi connectivity index (χ1) is 10.00. The van der Waals surface area contributed by atoms with Gasteiger partial charge in [0.25, 0.3) is 0 Å². The standard InChI is InChI=1S/C15H19FO5/c1-4-19-12-9-7-11(8-10-12)15(16,13(17)20-5-2)14(18)21-6-3/h7-10H,4-6H2,1-3H3. The quantitative estimate of drug-likeness (QED) is 0.571. The maximum atomic E-state index is 15.0. The predicted molar refractivity (Wildman–Crippen MR) is 73.7 cm³/mol. The number of hydrogen-bond donors (Lipinski definition) is 0. The summed E-state index contributed by atoms with van der Waals surface area (Å²) in [6, 6.07) is 5.56. The number of carbonyl (C=O) groups excluding carboxylic acids is 2. The van der Waals surface area contributed by atoms with Crippen LogP contribution in [0.15, 0.2) is 24.3 Å². The fourth-order valence-electron chi connectivity index (χ4n) is 1.73. The molecule has 116 valence electrons. The first-order valence-corrected chi connectivity index (χ1v) is 6.77. The third kappa shape index (κ3) is 3.71. The predicted octanol–water partition coefficient (Wildman–Crippen LogP) is 2.38. The van der Waals surface area contributed by atoms with Crippen LogP contribution in [-0.4, -0.2) is 31.8 Å². The van der Waals surface area contributed by atoms with E-state index in [1.54, 1.807) is 0 Å². The molecule has 0 aliphatic rings. The molecule has 6 heteroatoms. The number of ether oxygens (including phenoxy) is 3. The fraction of sp³-hybridized carbons (Fsp3) is 0.467. The van der Waals surface area contributed by atoms with Crippen molar-refractivity contribution in [3.8, 4) is 5.75 Å². The van der Waals surface area contributed by atoms with Crippen molar-refractivity contribution in [2.45, 2.75) is 26.4 Å². The molecule has 0 saturated heterocycles. The number of hydrogen-bond acceptors (Lipinski definition) is 5. The molecule has 1 aromatic carbocycles. The molecule has 0 saturated carbocycles. The summed E-state index contributed by atoms with van der Waals surface area (Å²) in [6.07, 6.45) is 0. The molecule has 0 radical (unpaired) electrons. The number of alkyl halides is 1. The monoisotopic (exact) mass is 298 g/mol. The van der Waals surface area contributed by atoms with Crippen LogP contribution in [0, 0.1) is 0 Å². The van der Waals surface area contributed by atoms with Gasteiger partial charge in [-0.2, -0.15) is 0 Å². The molecule has 1 aromatic rings. The van der Waals surface area contributed by atoms with Crippen LogP contribution < -0.4 is 4.74 Å². The largest absolute Gasteiger partial charge is 0.494 e. The summed E-state index contributed by atoms with van der Waals surface area (Å²) in [5, 5.41) is 0. The van der Waals surface area contributed by atoms with Gasteiger partial charge in [-0.05, 0) is 32.9 Å². The fourth-order valence-corrected chi connectivity index (χ4v) is 1.73. The van der Waals surface area contributed by atoms with Gasteiger partial charge < -0.3 is 14.2 Å². The zero-order chi connectivity index (χ0) is 15.9. The summed E-state index contributed by atoms with van der Waals surface area (Å²) in [5.41, 5.74) is -3.13. The van der Waals surface area contributed by atoms with Crippen LogP contribution in [0.2, 0.25) is 0 Å². The average molecular weight is 298 g/mol. The first-order valence-electron chi connectivity index (χ1n) is 6.77. The normalized spacial score (nSPS) is 10.9. The van der Waals surface area contributed by atoms with Crippen LogP contribution in [0.4, 0.5) is 4.39 Å². The number of halogens is 1. The minimum Gasteiger partial charge on any atom is -0.494 e. The SMILES string of the molecule is CCOC(=O)C(F)(C(=O)OCC)c1ccc(OCC)cc1. The Bertz CT molecular complexity index is 465. The lowest BCUT2D eigenvalue weighted by Gasteiger charge is -2.21. The van der Waals surface area contributed by atoms with Crippen LogP contribution in [-0.2, 0) is 24.7 Å². The minimum absolute atomic E-state index is 0.0407. The Morgan fingerprint density at radius 2 is 1.43 bits per heavy atom. The molecule has 21 heavy (non-hydrogen) atoms. The molecule has 0 heterocycles. The molecule has 0 unspecified atom stereocenters. The number of rotatable bonds is 7. The van der Waals surface area contributed by atoms with Crippen molar-refractivity contribution in [1.29, 1.82) is 0 Å². The summed E-state index contributed by atoms with van der Waals surface area (Å²) >= 11 is 0. The Hall–Kier alpha value is -2.11. The lowest BCUT2D eigenvalue weighted by molar-refractivity contribution is -0.175. The molecule has 1 rings (SSSR count). The van der Waals surface area contributed by atoms with Crippen molar-refractivity contribution in [3.05, 3.63) is 29.8 Å². The van der Waals surface area contributed by atoms with Gasteiger partial charge in [0, 0.05) is 5.56 Å². The second kappa shape index (κ2) is 7.61. The maximum Gasteiger partial charge on any atom is 0.360 e. The summed E-state index contributed by atoms with van der Waals surface area (Å²) in [6.45, 7) is 5.24. The zero-order valence-corrected chi connectivity index (χ0v) is 12.3. The molecule has 5 nitrogen and oxygen atoms in total. The Morgan fingerprint density at radius 3 is 1.81 bits per heavy atom. The molecule has 0 spiro atoms. The molecule has 0 aliphatic carbocycles. The van der Waals surface area contributed by atoms with Gasteiger partial charge in [0.05, 0.1) is 19.8 Å². The Morgan fingerprint density at radius 1 is 0.952 bits per heavy atom. The lowest BCUT2D eigenvalue weighted by Crippen LogP contribution is -2.42. The van der Waals surface area contributed by atoms with Crippen molar-refractivity contribution < 1.29 is 28.2 Å². The summed E-state index contributed by atoms with van der Waals surface area (Å²) in [5.74, 6) is -2.06. The number of benzene rings is 1. The number of carbonyl (C=O) groups is 2. The van der Waals surface area contributed by atoms with E-state index in [4.69, 9.17) is 4.74 Å². The van der Waals surface area contributed by atoms with E-state index < -0.39 is 17.6 Å². The Labute approximate surface area is 123 Å². The summed E-state index contributed by atoms with van der Waals surface area (Å²) < 4.78 is 29.6. The van der Waals surface area contributed by atoms with E-state index in [0.29, 0.717) is 12.4 Å². The second-order valence-corrected chi connectivity index (χ2v) is 4.06. The van der Waals surface area contributed by atoms with Crippen molar-refractivity contribution in [1.82, 2.24) is 0 Å². The van der Waals surface area contributed by atoms with Gasteiger partial charge in [-0.15, -0.1) is 0 Å². The molecular weight excluding hydrogens is 279 g/mol. The lowest BCUT2D eigenvalue weighted by atomic mass is 9.95. The van der Waals surface area contributed by atoms with Crippen LogP contribution in [0.3, 0.4) is 0 Å². The van der Waals surface area contributed by atoms with Crippen molar-refractivity contribution in [2.75, 3.05) is 19.8 Å². The highest BCUT2D eigenvalue weighted by molar-refractivity contribution is 6.04. The first kappa shape index (κ1) is 16.9. The van der Waals surface area contributed by atoms with E-state index in [9.17, 15) is 9.59 Å². The van der Waals surface area contributed by atoms with Gasteiger partial charge in [0.15, 0.2) is 0 Å². The molecule has 0 aliphatic heterocycles. The van der Waals surface area contributed by atoms with E-state index in [2.05, 4.69) is 9.47 Å². The Kier molecular flexibility index (Phi) is 6.14. The van der Waals surface area contributed by atoms with Crippen LogP contribution in [0.25, 0.3) is 0 Å². The highest BCUT2D eigenvalue weighted by Crippen LogP contribution is 2.31. The van der Waals surface area contributed by atoms with Gasteiger partial charge >= 0.3 is 17.6 Å². The molecule has 0 amide bonds. The smallest absolute Gasteiger partial charge is 0.360 e. The minimum atomic E-state index is -2.98. The highest BCUT2D eigenvalue weighted by Gasteiger charge is 2.51. The van der Waals surface area contributed by atoms with E-state index >= 15 is 4.39 Å². The summed E-state index contributed by atoms with van der Waals surface area (Å²) in [7, 11) is 0. The van der Waals surface area contributed by atoms with Crippen LogP contribution >= 0.6 is 0 Å². The second-order valence-electron chi connectivity index (χ2n) is 4.06. The summed E-state index contributed by atoms with van der Waals surface area (Å²) in [4.78, 5) is 23.7. The molecular formula is C15H19FO5. The number of esters is 2. The van der Waals surface area contributed by atoms with E-state index in [1.165, 1.54) is 38.1 Å². The maximum absolute atomic E-state index is 15.0. The van der Waals surface area contributed by atoms with Gasteiger partial charge in [-0.1, -0.05) is 12.1 Å². The van der Waals surface area contributed by atoms with Crippen molar-refractivity contribution in [3.63, 3.8) is 0 Å².